The lowest BCUT2D eigenvalue weighted by molar-refractivity contribution is -0.380. The van der Waals surface area contributed by atoms with Crippen LogP contribution in [0.5, 0.6) is 11.5 Å². The van der Waals surface area contributed by atoms with Gasteiger partial charge in [-0.15, -0.1) is 12.4 Å². The molecule has 0 bridgehead atoms. The van der Waals surface area contributed by atoms with E-state index in [9.17, 15) is 14.9 Å². The molecule has 0 spiro atoms. The Balaban J connectivity index is 0.00000341. The summed E-state index contributed by atoms with van der Waals surface area (Å²) in [4.78, 5) is 32.3. The molecule has 0 N–H and O–H groups in total. The van der Waals surface area contributed by atoms with Crippen molar-refractivity contribution in [3.8, 4) is 11.5 Å². The number of carbonyl (C=O) groups is 1. The van der Waals surface area contributed by atoms with E-state index >= 15 is 0 Å². The number of anilines is 1. The number of benzene rings is 1. The van der Waals surface area contributed by atoms with Crippen LogP contribution in [0.15, 0.2) is 24.3 Å². The molecule has 0 aliphatic rings. The molecule has 3 rings (SSSR count). The number of fused-ring (bicyclic) bond motifs is 1. The van der Waals surface area contributed by atoms with Gasteiger partial charge in [0.1, 0.15) is 0 Å². The highest BCUT2D eigenvalue weighted by Crippen LogP contribution is 2.38. The first kappa shape index (κ1) is 24.8. The minimum absolute atomic E-state index is 0. The molecule has 0 radical (unpaired) electrons. The first-order valence-electron chi connectivity index (χ1n) is 9.07. The van der Waals surface area contributed by atoms with Crippen LogP contribution in [0.2, 0.25) is 0 Å². The maximum atomic E-state index is 13.2. The monoisotopic (exact) mass is 486 g/mol. The van der Waals surface area contributed by atoms with Crippen molar-refractivity contribution in [3.63, 3.8) is 0 Å². The Hall–Kier alpha value is -2.47. The number of carbonyl (C=O) groups excluding carboxylic acids is 1. The van der Waals surface area contributed by atoms with Crippen molar-refractivity contribution in [1.82, 2.24) is 9.88 Å². The molecule has 31 heavy (non-hydrogen) atoms. The van der Waals surface area contributed by atoms with Crippen molar-refractivity contribution in [2.75, 3.05) is 46.3 Å². The van der Waals surface area contributed by atoms with Gasteiger partial charge in [0, 0.05) is 24.7 Å². The average molecular weight is 487 g/mol. The minimum atomic E-state index is -0.492. The molecule has 2 aromatic heterocycles. The maximum absolute atomic E-state index is 13.2. The molecule has 1 aromatic carbocycles. The van der Waals surface area contributed by atoms with E-state index in [2.05, 4.69) is 4.98 Å². The van der Waals surface area contributed by atoms with Crippen LogP contribution in [0.4, 0.5) is 10.1 Å². The second-order valence-electron chi connectivity index (χ2n) is 6.68. The van der Waals surface area contributed by atoms with Crippen LogP contribution in [0, 0.1) is 10.1 Å². The highest BCUT2D eigenvalue weighted by atomic mass is 35.5. The van der Waals surface area contributed by atoms with E-state index in [-0.39, 0.29) is 23.3 Å². The predicted molar refractivity (Wildman–Crippen MR) is 126 cm³/mol. The highest BCUT2D eigenvalue weighted by molar-refractivity contribution is 7.22. The van der Waals surface area contributed by atoms with Crippen LogP contribution in [0.3, 0.4) is 0 Å². The molecule has 3 aromatic rings. The molecule has 0 fully saturated rings. The SMILES string of the molecule is COc1cc2nc(N(CCCN(C)C)C(=O)c3ccc([N+](=O)[O-])s3)sc2cc1OC.Cl. The van der Waals surface area contributed by atoms with Crippen LogP contribution >= 0.6 is 35.1 Å². The number of thiazole rings is 1. The number of hydrogen-bond donors (Lipinski definition) is 0. The third-order valence-electron chi connectivity index (χ3n) is 4.33. The van der Waals surface area contributed by atoms with Crippen LogP contribution < -0.4 is 14.4 Å². The van der Waals surface area contributed by atoms with Gasteiger partial charge in [0.15, 0.2) is 16.6 Å². The summed E-state index contributed by atoms with van der Waals surface area (Å²) < 4.78 is 11.5. The number of aromatic nitrogens is 1. The van der Waals surface area contributed by atoms with Crippen LogP contribution in [-0.2, 0) is 0 Å². The number of nitrogens with zero attached hydrogens (tertiary/aromatic N) is 4. The number of halogens is 1. The largest absolute Gasteiger partial charge is 0.493 e. The van der Waals surface area contributed by atoms with Crippen LogP contribution in [-0.4, -0.2) is 62.1 Å². The van der Waals surface area contributed by atoms with Crippen molar-refractivity contribution >= 4 is 61.3 Å². The van der Waals surface area contributed by atoms with E-state index in [1.807, 2.05) is 25.1 Å². The quantitative estimate of drug-likeness (QED) is 0.328. The first-order chi connectivity index (χ1) is 14.3. The van der Waals surface area contributed by atoms with E-state index in [0.717, 1.165) is 29.0 Å². The lowest BCUT2D eigenvalue weighted by atomic mass is 10.3. The van der Waals surface area contributed by atoms with Crippen molar-refractivity contribution < 1.29 is 19.2 Å². The van der Waals surface area contributed by atoms with Gasteiger partial charge in [-0.25, -0.2) is 4.98 Å². The van der Waals surface area contributed by atoms with E-state index in [4.69, 9.17) is 9.47 Å². The average Bonchev–Trinajstić information content (AvgIpc) is 3.36. The summed E-state index contributed by atoms with van der Waals surface area (Å²) in [6.07, 6.45) is 0.731. The van der Waals surface area contributed by atoms with Crippen molar-refractivity contribution in [3.05, 3.63) is 39.3 Å². The summed E-state index contributed by atoms with van der Waals surface area (Å²) in [5, 5.41) is 11.5. The summed E-state index contributed by atoms with van der Waals surface area (Å²) in [6.45, 7) is 1.23. The Morgan fingerprint density at radius 2 is 1.81 bits per heavy atom. The number of amides is 1. The van der Waals surface area contributed by atoms with Gasteiger partial charge in [-0.3, -0.25) is 19.8 Å². The Morgan fingerprint density at radius 1 is 1.13 bits per heavy atom. The molecule has 1 amide bonds. The van der Waals surface area contributed by atoms with Gasteiger partial charge in [-0.05, 0) is 33.1 Å². The Morgan fingerprint density at radius 3 is 2.39 bits per heavy atom. The van der Waals surface area contributed by atoms with Crippen LogP contribution in [0.1, 0.15) is 16.1 Å². The molecule has 0 unspecified atom stereocenters. The van der Waals surface area contributed by atoms with Crippen LogP contribution in [0.25, 0.3) is 10.2 Å². The molecule has 168 valence electrons. The Kier molecular flexibility index (Phi) is 8.57. The van der Waals surface area contributed by atoms with E-state index < -0.39 is 4.92 Å². The third-order valence-corrected chi connectivity index (χ3v) is 6.39. The third kappa shape index (κ3) is 5.62. The fraction of sp³-hybridized carbons (Fsp3) is 0.368. The van der Waals surface area contributed by atoms with E-state index in [1.165, 1.54) is 23.5 Å². The number of methoxy groups -OCH3 is 2. The summed E-state index contributed by atoms with van der Waals surface area (Å²) >= 11 is 2.23. The minimum Gasteiger partial charge on any atom is -0.493 e. The second kappa shape index (κ2) is 10.7. The molecule has 12 heteroatoms. The lowest BCUT2D eigenvalue weighted by Crippen LogP contribution is -2.32. The fourth-order valence-corrected chi connectivity index (χ4v) is 4.63. The van der Waals surface area contributed by atoms with Crippen molar-refractivity contribution in [2.45, 2.75) is 6.42 Å². The van der Waals surface area contributed by atoms with Crippen molar-refractivity contribution in [1.29, 1.82) is 0 Å². The standard InChI is InChI=1S/C19H22N4O5S2.ClH/c1-21(2)8-5-9-22(18(24)15-6-7-17(29-15)23(25)26)19-20-12-10-13(27-3)14(28-4)11-16(12)30-19;/h6-7,10-11H,5,8-9H2,1-4H3;1H. The molecule has 0 saturated carbocycles. The molecule has 0 saturated heterocycles. The van der Waals surface area contributed by atoms with Gasteiger partial charge in [0.25, 0.3) is 5.91 Å². The number of ether oxygens (including phenoxy) is 2. The Bertz CT molecular complexity index is 1030. The number of nitro groups is 1. The van der Waals surface area contributed by atoms with Gasteiger partial charge in [0.2, 0.25) is 0 Å². The summed E-state index contributed by atoms with van der Waals surface area (Å²) in [5.41, 5.74) is 0.690. The van der Waals surface area contributed by atoms with Crippen molar-refractivity contribution in [2.24, 2.45) is 0 Å². The molecular weight excluding hydrogens is 464 g/mol. The molecular formula is C19H23ClN4O5S2. The second-order valence-corrected chi connectivity index (χ2v) is 8.75. The summed E-state index contributed by atoms with van der Waals surface area (Å²) in [6, 6.07) is 6.44. The highest BCUT2D eigenvalue weighted by Gasteiger charge is 2.25. The summed E-state index contributed by atoms with van der Waals surface area (Å²) in [5.74, 6) is 0.839. The molecule has 0 atom stereocenters. The zero-order valence-corrected chi connectivity index (χ0v) is 19.9. The normalized spacial score (nSPS) is 10.7. The summed E-state index contributed by atoms with van der Waals surface area (Å²) in [7, 11) is 7.04. The predicted octanol–water partition coefficient (Wildman–Crippen LogP) is 4.30. The molecule has 0 aliphatic heterocycles. The fourth-order valence-electron chi connectivity index (χ4n) is 2.86. The van der Waals surface area contributed by atoms with Gasteiger partial charge in [-0.2, -0.15) is 0 Å². The molecule has 2 heterocycles. The first-order valence-corrected chi connectivity index (χ1v) is 10.7. The maximum Gasteiger partial charge on any atom is 0.324 e. The molecule has 0 aliphatic carbocycles. The number of thiophene rings is 1. The smallest absolute Gasteiger partial charge is 0.324 e. The zero-order valence-electron chi connectivity index (χ0n) is 17.5. The van der Waals surface area contributed by atoms with E-state index in [1.54, 1.807) is 25.2 Å². The van der Waals surface area contributed by atoms with Gasteiger partial charge < -0.3 is 14.4 Å². The number of hydrogen-bond acceptors (Lipinski definition) is 9. The lowest BCUT2D eigenvalue weighted by Gasteiger charge is -2.20. The number of rotatable bonds is 9. The molecule has 9 nitrogen and oxygen atoms in total. The topological polar surface area (TPSA) is 98.0 Å². The van der Waals surface area contributed by atoms with Gasteiger partial charge in [-0.1, -0.05) is 22.7 Å². The Labute approximate surface area is 193 Å². The van der Waals surface area contributed by atoms with Gasteiger partial charge in [0.05, 0.1) is 34.2 Å². The van der Waals surface area contributed by atoms with E-state index in [0.29, 0.717) is 33.6 Å². The van der Waals surface area contributed by atoms with Gasteiger partial charge >= 0.3 is 5.00 Å². The zero-order chi connectivity index (χ0) is 21.8.